The summed E-state index contributed by atoms with van der Waals surface area (Å²) in [6.45, 7) is 7.05. The van der Waals surface area contributed by atoms with Crippen LogP contribution in [0.4, 0.5) is 0 Å². The van der Waals surface area contributed by atoms with Crippen LogP contribution in [0.3, 0.4) is 0 Å². The van der Waals surface area contributed by atoms with Crippen LogP contribution in [-0.2, 0) is 0 Å². The first-order valence-corrected chi connectivity index (χ1v) is 7.05. The van der Waals surface area contributed by atoms with Crippen molar-refractivity contribution >= 4 is 27.5 Å². The highest BCUT2D eigenvalue weighted by Crippen LogP contribution is 2.32. The zero-order valence-electron chi connectivity index (χ0n) is 10.0. The van der Waals surface area contributed by atoms with E-state index in [1.54, 1.807) is 0 Å². The molecule has 0 aliphatic rings. The van der Waals surface area contributed by atoms with Gasteiger partial charge in [-0.3, -0.25) is 0 Å². The van der Waals surface area contributed by atoms with Gasteiger partial charge in [-0.2, -0.15) is 0 Å². The molecule has 0 saturated carbocycles. The fourth-order valence-corrected chi connectivity index (χ4v) is 1.88. The molecule has 1 aromatic carbocycles. The molecule has 0 radical (unpaired) electrons. The van der Waals surface area contributed by atoms with Gasteiger partial charge in [0.15, 0.2) is 0 Å². The van der Waals surface area contributed by atoms with Crippen molar-refractivity contribution in [3.8, 4) is 5.75 Å². The van der Waals surface area contributed by atoms with Crippen LogP contribution in [-0.4, -0.2) is 11.9 Å². The van der Waals surface area contributed by atoms with Crippen molar-refractivity contribution < 1.29 is 4.74 Å². The Bertz CT molecular complexity index is 350. The molecule has 16 heavy (non-hydrogen) atoms. The number of ether oxygens (including phenoxy) is 1. The van der Waals surface area contributed by atoms with E-state index < -0.39 is 0 Å². The molecule has 0 aliphatic carbocycles. The van der Waals surface area contributed by atoms with Gasteiger partial charge in [-0.05, 0) is 42.5 Å². The highest BCUT2D eigenvalue weighted by atomic mass is 79.9. The molecule has 0 amide bonds. The standard InChI is InChI=1S/C13H18BrClO/c1-9(2)11-8-12(15)10(3)7-13(11)16-6-4-5-14/h7-9H,4-6H2,1-3H3. The largest absolute Gasteiger partial charge is 0.493 e. The summed E-state index contributed by atoms with van der Waals surface area (Å²) in [7, 11) is 0. The Kier molecular flexibility index (Phi) is 5.63. The van der Waals surface area contributed by atoms with E-state index >= 15 is 0 Å². The zero-order chi connectivity index (χ0) is 12.1. The molecule has 3 heteroatoms. The van der Waals surface area contributed by atoms with Gasteiger partial charge in [0.1, 0.15) is 5.75 Å². The third kappa shape index (κ3) is 3.67. The molecule has 0 spiro atoms. The second-order valence-electron chi connectivity index (χ2n) is 4.18. The van der Waals surface area contributed by atoms with Crippen molar-refractivity contribution in [2.24, 2.45) is 0 Å². The second-order valence-corrected chi connectivity index (χ2v) is 5.39. The summed E-state index contributed by atoms with van der Waals surface area (Å²) in [5, 5.41) is 1.79. The van der Waals surface area contributed by atoms with E-state index in [1.807, 2.05) is 19.1 Å². The van der Waals surface area contributed by atoms with E-state index in [2.05, 4.69) is 29.8 Å². The van der Waals surface area contributed by atoms with Crippen LogP contribution in [0.2, 0.25) is 5.02 Å². The van der Waals surface area contributed by atoms with Crippen LogP contribution in [0.1, 0.15) is 37.3 Å². The molecule has 1 aromatic rings. The van der Waals surface area contributed by atoms with Gasteiger partial charge < -0.3 is 4.74 Å². The lowest BCUT2D eigenvalue weighted by molar-refractivity contribution is 0.314. The van der Waals surface area contributed by atoms with Crippen LogP contribution < -0.4 is 4.74 Å². The lowest BCUT2D eigenvalue weighted by Crippen LogP contribution is -2.02. The molecular weight excluding hydrogens is 287 g/mol. The van der Waals surface area contributed by atoms with Gasteiger partial charge in [0, 0.05) is 10.4 Å². The molecule has 0 N–H and O–H groups in total. The van der Waals surface area contributed by atoms with Crippen molar-refractivity contribution in [2.45, 2.75) is 33.1 Å². The Labute approximate surface area is 111 Å². The molecule has 0 aliphatic heterocycles. The van der Waals surface area contributed by atoms with Crippen molar-refractivity contribution in [1.29, 1.82) is 0 Å². The van der Waals surface area contributed by atoms with Crippen LogP contribution in [0.15, 0.2) is 12.1 Å². The third-order valence-electron chi connectivity index (χ3n) is 2.45. The first-order valence-electron chi connectivity index (χ1n) is 5.55. The Hall–Kier alpha value is -0.210. The quantitative estimate of drug-likeness (QED) is 0.553. The van der Waals surface area contributed by atoms with Crippen LogP contribution in [0, 0.1) is 6.92 Å². The molecule has 0 saturated heterocycles. The fourth-order valence-electron chi connectivity index (χ4n) is 1.48. The van der Waals surface area contributed by atoms with Gasteiger partial charge in [0.2, 0.25) is 0 Å². The monoisotopic (exact) mass is 304 g/mol. The Balaban J connectivity index is 2.91. The predicted octanol–water partition coefficient (Wildman–Crippen LogP) is 4.94. The van der Waals surface area contributed by atoms with Crippen LogP contribution in [0.25, 0.3) is 0 Å². The van der Waals surface area contributed by atoms with Gasteiger partial charge >= 0.3 is 0 Å². The minimum absolute atomic E-state index is 0.428. The maximum absolute atomic E-state index is 6.13. The number of benzene rings is 1. The molecule has 90 valence electrons. The molecule has 1 nitrogen and oxygen atoms in total. The van der Waals surface area contributed by atoms with E-state index in [0.29, 0.717) is 5.92 Å². The summed E-state index contributed by atoms with van der Waals surface area (Å²) >= 11 is 9.52. The topological polar surface area (TPSA) is 9.23 Å². The molecule has 0 fully saturated rings. The number of alkyl halides is 1. The summed E-state index contributed by atoms with van der Waals surface area (Å²) in [4.78, 5) is 0. The van der Waals surface area contributed by atoms with Crippen LogP contribution in [0.5, 0.6) is 5.75 Å². The summed E-state index contributed by atoms with van der Waals surface area (Å²) in [6, 6.07) is 4.05. The predicted molar refractivity (Wildman–Crippen MR) is 74.2 cm³/mol. The highest BCUT2D eigenvalue weighted by molar-refractivity contribution is 9.09. The van der Waals surface area contributed by atoms with E-state index in [0.717, 1.165) is 34.7 Å². The van der Waals surface area contributed by atoms with Gasteiger partial charge in [-0.25, -0.2) is 0 Å². The third-order valence-corrected chi connectivity index (χ3v) is 3.42. The number of hydrogen-bond donors (Lipinski definition) is 0. The maximum Gasteiger partial charge on any atom is 0.123 e. The average molecular weight is 306 g/mol. The number of hydrogen-bond acceptors (Lipinski definition) is 1. The Morgan fingerprint density at radius 2 is 2.06 bits per heavy atom. The minimum atomic E-state index is 0.428. The number of rotatable bonds is 5. The van der Waals surface area contributed by atoms with Crippen LogP contribution >= 0.6 is 27.5 Å². The van der Waals surface area contributed by atoms with Gasteiger partial charge in [-0.1, -0.05) is 41.4 Å². The fraction of sp³-hybridized carbons (Fsp3) is 0.538. The molecule has 0 atom stereocenters. The average Bonchev–Trinajstić information content (AvgIpc) is 2.23. The molecule has 0 aromatic heterocycles. The summed E-state index contributed by atoms with van der Waals surface area (Å²) in [5.74, 6) is 1.40. The lowest BCUT2D eigenvalue weighted by Gasteiger charge is -2.15. The van der Waals surface area contributed by atoms with E-state index in [-0.39, 0.29) is 0 Å². The van der Waals surface area contributed by atoms with E-state index in [1.165, 1.54) is 5.56 Å². The van der Waals surface area contributed by atoms with E-state index in [4.69, 9.17) is 16.3 Å². The molecule has 1 rings (SSSR count). The lowest BCUT2D eigenvalue weighted by atomic mass is 10.0. The maximum atomic E-state index is 6.13. The van der Waals surface area contributed by atoms with Crippen molar-refractivity contribution in [3.63, 3.8) is 0 Å². The zero-order valence-corrected chi connectivity index (χ0v) is 12.4. The summed E-state index contributed by atoms with van der Waals surface area (Å²) in [6.07, 6.45) is 1.01. The first kappa shape index (κ1) is 13.9. The number of aryl methyl sites for hydroxylation is 1. The Morgan fingerprint density at radius 3 is 2.62 bits per heavy atom. The molecule has 0 heterocycles. The van der Waals surface area contributed by atoms with Crippen molar-refractivity contribution in [1.82, 2.24) is 0 Å². The SMILES string of the molecule is Cc1cc(OCCCBr)c(C(C)C)cc1Cl. The van der Waals surface area contributed by atoms with E-state index in [9.17, 15) is 0 Å². The summed E-state index contributed by atoms with van der Waals surface area (Å²) in [5.41, 5.74) is 2.25. The smallest absolute Gasteiger partial charge is 0.123 e. The highest BCUT2D eigenvalue weighted by Gasteiger charge is 2.10. The Morgan fingerprint density at radius 1 is 1.38 bits per heavy atom. The van der Waals surface area contributed by atoms with Gasteiger partial charge in [0.25, 0.3) is 0 Å². The normalized spacial score (nSPS) is 10.9. The first-order chi connectivity index (χ1) is 7.56. The minimum Gasteiger partial charge on any atom is -0.493 e. The number of halogens is 2. The van der Waals surface area contributed by atoms with Gasteiger partial charge in [-0.15, -0.1) is 0 Å². The molecular formula is C13H18BrClO. The summed E-state index contributed by atoms with van der Waals surface area (Å²) < 4.78 is 5.79. The van der Waals surface area contributed by atoms with Gasteiger partial charge in [0.05, 0.1) is 6.61 Å². The van der Waals surface area contributed by atoms with Crippen molar-refractivity contribution in [2.75, 3.05) is 11.9 Å². The molecule has 0 bridgehead atoms. The second kappa shape index (κ2) is 6.51. The molecule has 0 unspecified atom stereocenters. The van der Waals surface area contributed by atoms with Crippen molar-refractivity contribution in [3.05, 3.63) is 28.3 Å².